The Balaban J connectivity index is 1.65. The van der Waals surface area contributed by atoms with Gasteiger partial charge in [0, 0.05) is 44.8 Å². The third kappa shape index (κ3) is 4.76. The Hall–Kier alpha value is -3.24. The van der Waals surface area contributed by atoms with E-state index in [2.05, 4.69) is 20.3 Å². The van der Waals surface area contributed by atoms with E-state index in [0.29, 0.717) is 30.2 Å². The van der Waals surface area contributed by atoms with Crippen molar-refractivity contribution in [1.82, 2.24) is 19.1 Å². The van der Waals surface area contributed by atoms with Crippen LogP contribution in [0.25, 0.3) is 5.82 Å². The molecule has 1 amide bonds. The van der Waals surface area contributed by atoms with Crippen molar-refractivity contribution in [3.05, 3.63) is 60.6 Å². The first-order valence-electron chi connectivity index (χ1n) is 11.1. The molecular formula is C23H28N6O3S. The number of sulfonamides is 1. The van der Waals surface area contributed by atoms with Crippen molar-refractivity contribution in [2.45, 2.75) is 31.6 Å². The highest BCUT2D eigenvalue weighted by Gasteiger charge is 2.25. The van der Waals surface area contributed by atoms with Crippen molar-refractivity contribution >= 4 is 27.3 Å². The van der Waals surface area contributed by atoms with Gasteiger partial charge in [0.2, 0.25) is 10.0 Å². The SMILES string of the molecule is CCN(CC)S(=O)(=O)c1ccc(N2CCCC2)c(NC(=O)c2ccc(-n3cccn3)nc2)c1. The number of aromatic nitrogens is 3. The first-order chi connectivity index (χ1) is 15.9. The fraction of sp³-hybridized carbons (Fsp3) is 0.348. The summed E-state index contributed by atoms with van der Waals surface area (Å²) < 4.78 is 29.1. The summed E-state index contributed by atoms with van der Waals surface area (Å²) in [5.41, 5.74) is 1.67. The predicted octanol–water partition coefficient (Wildman–Crippen LogP) is 3.15. The average Bonchev–Trinajstić information content (AvgIpc) is 3.54. The number of carbonyl (C=O) groups is 1. The molecule has 1 N–H and O–H groups in total. The normalized spacial score (nSPS) is 14.1. The molecule has 1 fully saturated rings. The minimum Gasteiger partial charge on any atom is -0.370 e. The maximum absolute atomic E-state index is 13.1. The average molecular weight is 469 g/mol. The Morgan fingerprint density at radius 1 is 1.12 bits per heavy atom. The molecule has 174 valence electrons. The number of anilines is 2. The van der Waals surface area contributed by atoms with Crippen LogP contribution in [-0.2, 0) is 10.0 Å². The van der Waals surface area contributed by atoms with Crippen LogP contribution in [0, 0.1) is 0 Å². The van der Waals surface area contributed by atoms with Crippen LogP contribution in [-0.4, -0.2) is 59.6 Å². The molecule has 9 nitrogen and oxygen atoms in total. The summed E-state index contributed by atoms with van der Waals surface area (Å²) in [6.07, 6.45) is 7.03. The Bertz CT molecular complexity index is 1200. The highest BCUT2D eigenvalue weighted by atomic mass is 32.2. The largest absolute Gasteiger partial charge is 0.370 e. The molecule has 3 aromatic rings. The van der Waals surface area contributed by atoms with E-state index in [1.54, 1.807) is 53.5 Å². The standard InChI is InChI=1S/C23H28N6O3S/c1-3-28(4-2)33(31,32)19-9-10-21(27-13-5-6-14-27)20(16-19)26-23(30)18-8-11-22(24-17-18)29-15-7-12-25-29/h7-12,15-17H,3-6,13-14H2,1-2H3,(H,26,30). The molecular weight excluding hydrogens is 440 g/mol. The van der Waals surface area contributed by atoms with Gasteiger partial charge in [0.25, 0.3) is 5.91 Å². The lowest BCUT2D eigenvalue weighted by Gasteiger charge is -2.24. The first kappa shape index (κ1) is 22.9. The maximum atomic E-state index is 13.1. The molecule has 0 atom stereocenters. The molecule has 4 rings (SSSR count). The van der Waals surface area contributed by atoms with Gasteiger partial charge in [0.15, 0.2) is 5.82 Å². The molecule has 10 heteroatoms. The number of nitrogens with one attached hydrogen (secondary N) is 1. The number of pyridine rings is 1. The van der Waals surface area contributed by atoms with Crippen molar-refractivity contribution < 1.29 is 13.2 Å². The summed E-state index contributed by atoms with van der Waals surface area (Å²) in [4.78, 5) is 19.7. The van der Waals surface area contributed by atoms with Crippen LogP contribution in [0.5, 0.6) is 0 Å². The van der Waals surface area contributed by atoms with Gasteiger partial charge in [-0.25, -0.2) is 18.1 Å². The summed E-state index contributed by atoms with van der Waals surface area (Å²) in [5.74, 6) is 0.244. The van der Waals surface area contributed by atoms with Gasteiger partial charge in [-0.05, 0) is 49.2 Å². The Kier molecular flexibility index (Phi) is 6.75. The second kappa shape index (κ2) is 9.72. The molecule has 1 aliphatic rings. The zero-order valence-corrected chi connectivity index (χ0v) is 19.6. The van der Waals surface area contributed by atoms with Crippen LogP contribution in [0.2, 0.25) is 0 Å². The van der Waals surface area contributed by atoms with E-state index in [1.165, 1.54) is 10.5 Å². The fourth-order valence-electron chi connectivity index (χ4n) is 3.98. The lowest BCUT2D eigenvalue weighted by Crippen LogP contribution is -2.31. The summed E-state index contributed by atoms with van der Waals surface area (Å²) in [6, 6.07) is 10.1. The topological polar surface area (TPSA) is 100 Å². The fourth-order valence-corrected chi connectivity index (χ4v) is 5.46. The molecule has 33 heavy (non-hydrogen) atoms. The number of rotatable bonds is 8. The minimum absolute atomic E-state index is 0.164. The van der Waals surface area contributed by atoms with Gasteiger partial charge in [-0.2, -0.15) is 9.40 Å². The Labute approximate surface area is 194 Å². The number of nitrogens with zero attached hydrogens (tertiary/aromatic N) is 5. The molecule has 0 spiro atoms. The molecule has 3 heterocycles. The predicted molar refractivity (Wildman–Crippen MR) is 127 cm³/mol. The lowest BCUT2D eigenvalue weighted by molar-refractivity contribution is 0.102. The highest BCUT2D eigenvalue weighted by molar-refractivity contribution is 7.89. The number of hydrogen-bond acceptors (Lipinski definition) is 6. The van der Waals surface area contributed by atoms with Crippen LogP contribution < -0.4 is 10.2 Å². The third-order valence-corrected chi connectivity index (χ3v) is 7.80. The zero-order chi connectivity index (χ0) is 23.4. The minimum atomic E-state index is -3.65. The zero-order valence-electron chi connectivity index (χ0n) is 18.8. The molecule has 0 aliphatic carbocycles. The van der Waals surface area contributed by atoms with Crippen molar-refractivity contribution in [1.29, 1.82) is 0 Å². The van der Waals surface area contributed by atoms with E-state index in [0.717, 1.165) is 31.6 Å². The van der Waals surface area contributed by atoms with E-state index in [-0.39, 0.29) is 10.8 Å². The smallest absolute Gasteiger partial charge is 0.257 e. The Morgan fingerprint density at radius 2 is 1.88 bits per heavy atom. The number of carbonyl (C=O) groups excluding carboxylic acids is 1. The lowest BCUT2D eigenvalue weighted by atomic mass is 10.2. The third-order valence-electron chi connectivity index (χ3n) is 5.76. The summed E-state index contributed by atoms with van der Waals surface area (Å²) in [5, 5.41) is 7.05. The molecule has 1 aliphatic heterocycles. The molecule has 1 aromatic carbocycles. The highest BCUT2D eigenvalue weighted by Crippen LogP contribution is 2.32. The van der Waals surface area contributed by atoms with Gasteiger partial charge in [-0.3, -0.25) is 4.79 Å². The molecule has 2 aromatic heterocycles. The summed E-state index contributed by atoms with van der Waals surface area (Å²) in [7, 11) is -3.65. The van der Waals surface area contributed by atoms with Crippen LogP contribution in [0.15, 0.2) is 59.9 Å². The molecule has 0 radical (unpaired) electrons. The van der Waals surface area contributed by atoms with Crippen LogP contribution in [0.1, 0.15) is 37.0 Å². The van der Waals surface area contributed by atoms with Crippen molar-refractivity contribution in [2.24, 2.45) is 0 Å². The van der Waals surface area contributed by atoms with Gasteiger partial charge in [0.05, 0.1) is 21.8 Å². The second-order valence-corrected chi connectivity index (χ2v) is 9.71. The van der Waals surface area contributed by atoms with E-state index >= 15 is 0 Å². The Morgan fingerprint density at radius 3 is 2.48 bits per heavy atom. The number of hydrogen-bond donors (Lipinski definition) is 1. The maximum Gasteiger partial charge on any atom is 0.257 e. The van der Waals surface area contributed by atoms with Gasteiger partial charge < -0.3 is 10.2 Å². The first-order valence-corrected chi connectivity index (χ1v) is 12.5. The van der Waals surface area contributed by atoms with Crippen molar-refractivity contribution in [3.8, 4) is 5.82 Å². The molecule has 0 bridgehead atoms. The van der Waals surface area contributed by atoms with E-state index in [1.807, 2.05) is 13.8 Å². The summed E-state index contributed by atoms with van der Waals surface area (Å²) in [6.45, 7) is 6.10. The van der Waals surface area contributed by atoms with E-state index in [9.17, 15) is 13.2 Å². The van der Waals surface area contributed by atoms with E-state index < -0.39 is 10.0 Å². The monoisotopic (exact) mass is 468 g/mol. The van der Waals surface area contributed by atoms with Crippen molar-refractivity contribution in [3.63, 3.8) is 0 Å². The van der Waals surface area contributed by atoms with Crippen LogP contribution in [0.3, 0.4) is 0 Å². The van der Waals surface area contributed by atoms with Crippen molar-refractivity contribution in [2.75, 3.05) is 36.4 Å². The quantitative estimate of drug-likeness (QED) is 0.545. The van der Waals surface area contributed by atoms with Crippen LogP contribution in [0.4, 0.5) is 11.4 Å². The van der Waals surface area contributed by atoms with Gasteiger partial charge >= 0.3 is 0 Å². The number of amides is 1. The molecule has 1 saturated heterocycles. The van der Waals surface area contributed by atoms with Gasteiger partial charge in [-0.1, -0.05) is 13.8 Å². The summed E-state index contributed by atoms with van der Waals surface area (Å²) >= 11 is 0. The number of benzene rings is 1. The second-order valence-electron chi connectivity index (χ2n) is 7.77. The van der Waals surface area contributed by atoms with Crippen LogP contribution >= 0.6 is 0 Å². The molecule has 0 saturated carbocycles. The van der Waals surface area contributed by atoms with Gasteiger partial charge in [0.1, 0.15) is 0 Å². The van der Waals surface area contributed by atoms with E-state index in [4.69, 9.17) is 0 Å². The molecule has 0 unspecified atom stereocenters. The van der Waals surface area contributed by atoms with Gasteiger partial charge in [-0.15, -0.1) is 0 Å².